The van der Waals surface area contributed by atoms with Gasteiger partial charge in [-0.25, -0.2) is 0 Å². The molecule has 0 heterocycles. The molecule has 0 rings (SSSR count). The van der Waals surface area contributed by atoms with Crippen LogP contribution in [0.15, 0.2) is 122 Å². The molecule has 0 amide bonds. The highest BCUT2D eigenvalue weighted by Gasteiger charge is 2.19. The van der Waals surface area contributed by atoms with Gasteiger partial charge in [0.1, 0.15) is 13.2 Å². The number of allylic oxidation sites excluding steroid dienone is 19. The van der Waals surface area contributed by atoms with Crippen LogP contribution < -0.4 is 0 Å². The molecule has 0 bridgehead atoms. The average Bonchev–Trinajstić information content (AvgIpc) is 3.47. The van der Waals surface area contributed by atoms with Gasteiger partial charge in [-0.15, -0.1) is 0 Å². The van der Waals surface area contributed by atoms with Crippen LogP contribution in [0.5, 0.6) is 0 Å². The fraction of sp³-hybridized carbons (Fsp3) is 0.693. The summed E-state index contributed by atoms with van der Waals surface area (Å²) in [6.45, 7) is 6.35. The third kappa shape index (κ3) is 66.5. The Morgan fingerprint density at radius 3 is 0.877 bits per heavy atom. The third-order valence-electron chi connectivity index (χ3n) is 14.5. The normalized spacial score (nSPS) is 12.9. The highest BCUT2D eigenvalue weighted by Crippen LogP contribution is 2.17. The van der Waals surface area contributed by atoms with E-state index in [0.717, 1.165) is 96.3 Å². The van der Waals surface area contributed by atoms with Gasteiger partial charge in [0, 0.05) is 12.8 Å². The Bertz CT molecular complexity index is 1670. The first kappa shape index (κ1) is 76.8. The second-order valence-corrected chi connectivity index (χ2v) is 22.3. The molecular weight excluding hydrogens is 997 g/mol. The molecule has 6 heteroatoms. The van der Waals surface area contributed by atoms with E-state index in [0.29, 0.717) is 12.8 Å². The number of carbonyl (C=O) groups excluding carboxylic acids is 3. The predicted molar refractivity (Wildman–Crippen MR) is 353 cm³/mol. The number of rotatable bonds is 61. The largest absolute Gasteiger partial charge is 0.462 e. The van der Waals surface area contributed by atoms with Crippen molar-refractivity contribution >= 4 is 17.9 Å². The van der Waals surface area contributed by atoms with Crippen molar-refractivity contribution in [3.63, 3.8) is 0 Å². The maximum atomic E-state index is 12.9. The van der Waals surface area contributed by atoms with Gasteiger partial charge in [-0.3, -0.25) is 14.4 Å². The molecule has 0 spiro atoms. The van der Waals surface area contributed by atoms with Crippen LogP contribution in [0.2, 0.25) is 0 Å². The Labute approximate surface area is 501 Å². The number of esters is 3. The van der Waals surface area contributed by atoms with Gasteiger partial charge in [-0.2, -0.15) is 0 Å². The number of unbranched alkanes of at least 4 members (excludes halogenated alkanes) is 31. The first-order chi connectivity index (χ1) is 40.0. The number of hydrogen-bond donors (Lipinski definition) is 0. The standard InChI is InChI=1S/C75H126O6/c1-4-7-10-13-16-19-22-25-28-30-32-34-36-37-39-40-42-44-47-50-53-56-59-62-65-68-74(77)80-71-72(70-79-73(76)67-64-61-58-55-52-49-46-27-24-21-18-15-12-9-6-3)81-75(78)69-66-63-60-57-54-51-48-45-43-41-38-35-33-31-29-26-23-20-17-14-11-8-5-2/h8-9,11-12,17-18,20-21,26-27,29-30,32-33,35,46,52,55,61,64,72H,4-7,10,13-16,19,22-25,28,31,34,36-45,47-51,53-54,56-60,62-63,65-71H2,1-3H3/b11-8-,12-9-,20-17-,21-18-,29-26-,32-30-,35-33-,46-27-,55-52-,64-61-. The summed E-state index contributed by atoms with van der Waals surface area (Å²) in [4.78, 5) is 38.3. The molecule has 0 N–H and O–H groups in total. The van der Waals surface area contributed by atoms with E-state index >= 15 is 0 Å². The topological polar surface area (TPSA) is 78.9 Å². The van der Waals surface area contributed by atoms with E-state index in [9.17, 15) is 14.4 Å². The third-order valence-corrected chi connectivity index (χ3v) is 14.5. The second kappa shape index (κ2) is 68.3. The number of ether oxygens (including phenoxy) is 3. The van der Waals surface area contributed by atoms with Crippen molar-refractivity contribution in [1.82, 2.24) is 0 Å². The van der Waals surface area contributed by atoms with E-state index < -0.39 is 12.1 Å². The SMILES string of the molecule is CC/C=C\C/C=C\C/C=C\C/C=C\C/C=C\CC(=O)OCC(COC(=O)CCCCCCCCCCCCCCC/C=C\CCCCCCCCCC)OC(=O)CCCCCCCCCCCC/C=C\C/C=C\C/C=C\C/C=C\CC. The summed E-state index contributed by atoms with van der Waals surface area (Å²) >= 11 is 0. The lowest BCUT2D eigenvalue weighted by molar-refractivity contribution is -0.166. The number of carbonyl (C=O) groups is 3. The molecular formula is C75H126O6. The molecule has 0 fully saturated rings. The molecule has 81 heavy (non-hydrogen) atoms. The number of hydrogen-bond acceptors (Lipinski definition) is 6. The monoisotopic (exact) mass is 1120 g/mol. The molecule has 1 unspecified atom stereocenters. The van der Waals surface area contributed by atoms with Crippen LogP contribution in [0.25, 0.3) is 0 Å². The van der Waals surface area contributed by atoms with Crippen molar-refractivity contribution in [1.29, 1.82) is 0 Å². The Morgan fingerprint density at radius 1 is 0.272 bits per heavy atom. The minimum absolute atomic E-state index is 0.110. The molecule has 0 aliphatic heterocycles. The van der Waals surface area contributed by atoms with Gasteiger partial charge in [-0.05, 0) is 109 Å². The summed E-state index contributed by atoms with van der Waals surface area (Å²) in [7, 11) is 0. The van der Waals surface area contributed by atoms with Crippen LogP contribution in [-0.2, 0) is 28.6 Å². The molecule has 0 aromatic carbocycles. The van der Waals surface area contributed by atoms with Crippen molar-refractivity contribution < 1.29 is 28.6 Å². The van der Waals surface area contributed by atoms with E-state index in [-0.39, 0.29) is 31.6 Å². The zero-order chi connectivity index (χ0) is 58.5. The van der Waals surface area contributed by atoms with E-state index in [2.05, 4.69) is 130 Å². The van der Waals surface area contributed by atoms with Crippen LogP contribution in [0.4, 0.5) is 0 Å². The highest BCUT2D eigenvalue weighted by atomic mass is 16.6. The lowest BCUT2D eigenvalue weighted by Gasteiger charge is -2.18. The average molecular weight is 1120 g/mol. The smallest absolute Gasteiger partial charge is 0.309 e. The van der Waals surface area contributed by atoms with E-state index in [1.54, 1.807) is 6.08 Å². The summed E-state index contributed by atoms with van der Waals surface area (Å²) in [5.41, 5.74) is 0. The van der Waals surface area contributed by atoms with Gasteiger partial charge >= 0.3 is 17.9 Å². The van der Waals surface area contributed by atoms with Crippen LogP contribution in [0, 0.1) is 0 Å². The fourth-order valence-corrected chi connectivity index (χ4v) is 9.45. The highest BCUT2D eigenvalue weighted by molar-refractivity contribution is 5.72. The van der Waals surface area contributed by atoms with Crippen molar-refractivity contribution in [2.24, 2.45) is 0 Å². The molecule has 0 aliphatic carbocycles. The Balaban J connectivity index is 4.39. The zero-order valence-corrected chi connectivity index (χ0v) is 53.0. The lowest BCUT2D eigenvalue weighted by Crippen LogP contribution is -2.30. The maximum absolute atomic E-state index is 12.9. The van der Waals surface area contributed by atoms with E-state index in [1.807, 2.05) is 6.08 Å². The first-order valence-electron chi connectivity index (χ1n) is 34.0. The van der Waals surface area contributed by atoms with Crippen LogP contribution >= 0.6 is 0 Å². The molecule has 0 saturated heterocycles. The van der Waals surface area contributed by atoms with E-state index in [1.165, 1.54) is 180 Å². The van der Waals surface area contributed by atoms with Gasteiger partial charge in [-0.1, -0.05) is 309 Å². The summed E-state index contributed by atoms with van der Waals surface area (Å²) in [6, 6.07) is 0. The van der Waals surface area contributed by atoms with Crippen LogP contribution in [0.3, 0.4) is 0 Å². The Hall–Kier alpha value is -4.19. The van der Waals surface area contributed by atoms with Gasteiger partial charge in [0.2, 0.25) is 0 Å². The summed E-state index contributed by atoms with van der Waals surface area (Å²) in [6.07, 6.45) is 95.3. The molecule has 462 valence electrons. The summed E-state index contributed by atoms with van der Waals surface area (Å²) in [5.74, 6) is -1.04. The Morgan fingerprint density at radius 2 is 0.531 bits per heavy atom. The first-order valence-corrected chi connectivity index (χ1v) is 34.0. The van der Waals surface area contributed by atoms with Gasteiger partial charge < -0.3 is 14.2 Å². The molecule has 1 atom stereocenters. The zero-order valence-electron chi connectivity index (χ0n) is 53.0. The molecule has 0 aromatic heterocycles. The van der Waals surface area contributed by atoms with Crippen molar-refractivity contribution in [2.75, 3.05) is 13.2 Å². The second-order valence-electron chi connectivity index (χ2n) is 22.3. The quantitative estimate of drug-likeness (QED) is 0.0261. The van der Waals surface area contributed by atoms with Crippen LogP contribution in [0.1, 0.15) is 316 Å². The molecule has 0 aliphatic rings. The van der Waals surface area contributed by atoms with Crippen molar-refractivity contribution in [2.45, 2.75) is 322 Å². The van der Waals surface area contributed by atoms with Crippen molar-refractivity contribution in [3.05, 3.63) is 122 Å². The van der Waals surface area contributed by atoms with Gasteiger partial charge in [0.05, 0.1) is 6.42 Å². The molecule has 0 aromatic rings. The minimum atomic E-state index is -0.825. The van der Waals surface area contributed by atoms with Crippen LogP contribution in [-0.4, -0.2) is 37.2 Å². The lowest BCUT2D eigenvalue weighted by atomic mass is 10.0. The predicted octanol–water partition coefficient (Wildman–Crippen LogP) is 23.6. The molecule has 0 radical (unpaired) electrons. The summed E-state index contributed by atoms with van der Waals surface area (Å²) in [5, 5.41) is 0. The van der Waals surface area contributed by atoms with Gasteiger partial charge in [0.25, 0.3) is 0 Å². The van der Waals surface area contributed by atoms with E-state index in [4.69, 9.17) is 14.2 Å². The molecule has 0 saturated carbocycles. The minimum Gasteiger partial charge on any atom is -0.462 e. The summed E-state index contributed by atoms with van der Waals surface area (Å²) < 4.78 is 16.9. The fourth-order valence-electron chi connectivity index (χ4n) is 9.45. The molecule has 6 nitrogen and oxygen atoms in total. The van der Waals surface area contributed by atoms with Crippen molar-refractivity contribution in [3.8, 4) is 0 Å². The maximum Gasteiger partial charge on any atom is 0.309 e. The Kier molecular flexibility index (Phi) is 64.8. The van der Waals surface area contributed by atoms with Gasteiger partial charge in [0.15, 0.2) is 6.10 Å².